The zero-order valence-electron chi connectivity index (χ0n) is 21.3. The van der Waals surface area contributed by atoms with Gasteiger partial charge in [0, 0.05) is 31.2 Å². The molecule has 3 fully saturated rings. The van der Waals surface area contributed by atoms with Crippen LogP contribution in [0.4, 0.5) is 11.8 Å². The lowest BCUT2D eigenvalue weighted by molar-refractivity contribution is 0.216. The van der Waals surface area contributed by atoms with E-state index in [9.17, 15) is 0 Å². The number of nitrogens with one attached hydrogen (secondary N) is 2. The topological polar surface area (TPSA) is 96.9 Å². The van der Waals surface area contributed by atoms with Gasteiger partial charge in [-0.3, -0.25) is 0 Å². The largest absolute Gasteiger partial charge is 0.351 e. The predicted octanol–water partition coefficient (Wildman–Crippen LogP) is 4.90. The Bertz CT molecular complexity index is 1120. The Hall–Kier alpha value is -2.71. The minimum Gasteiger partial charge on any atom is -0.351 e. The van der Waals surface area contributed by atoms with Crippen molar-refractivity contribution in [3.63, 3.8) is 0 Å². The second-order valence-electron chi connectivity index (χ2n) is 11.1. The van der Waals surface area contributed by atoms with Crippen LogP contribution in [-0.2, 0) is 6.42 Å². The number of nitrogens with two attached hydrogens (primary N) is 1. The van der Waals surface area contributed by atoms with Crippen LogP contribution in [0.3, 0.4) is 0 Å². The van der Waals surface area contributed by atoms with Gasteiger partial charge in [0.1, 0.15) is 0 Å². The summed E-state index contributed by atoms with van der Waals surface area (Å²) in [4.78, 5) is 14.7. The van der Waals surface area contributed by atoms with Crippen LogP contribution < -0.4 is 16.5 Å². The zero-order chi connectivity index (χ0) is 24.3. The Balaban J connectivity index is 1.19. The maximum Gasteiger partial charge on any atom is 0.227 e. The number of hydrogen-bond donors (Lipinski definition) is 3. The highest BCUT2D eigenvalue weighted by atomic mass is 15.5. The number of anilines is 2. The first-order valence-electron chi connectivity index (χ1n) is 14.0. The molecule has 0 radical (unpaired) electrons. The van der Waals surface area contributed by atoms with Crippen molar-refractivity contribution < 1.29 is 0 Å². The van der Waals surface area contributed by atoms with Crippen molar-refractivity contribution in [2.45, 2.75) is 88.8 Å². The molecule has 3 aliphatic rings. The lowest BCUT2D eigenvalue weighted by Gasteiger charge is -2.32. The zero-order valence-corrected chi connectivity index (χ0v) is 21.3. The third kappa shape index (κ3) is 5.34. The molecule has 8 heteroatoms. The van der Waals surface area contributed by atoms with E-state index in [2.05, 4.69) is 50.7 Å². The Morgan fingerprint density at radius 2 is 1.64 bits per heavy atom. The maximum absolute atomic E-state index is 6.14. The quantitative estimate of drug-likeness (QED) is 0.435. The number of hydrogen-bond acceptors (Lipinski definition) is 7. The van der Waals surface area contributed by atoms with Crippen LogP contribution in [0.25, 0.3) is 11.2 Å². The number of nitrogens with zero attached hydrogens (tertiary/aromatic N) is 5. The summed E-state index contributed by atoms with van der Waals surface area (Å²) in [5.41, 5.74) is 13.1. The third-order valence-corrected chi connectivity index (χ3v) is 8.49. The van der Waals surface area contributed by atoms with Gasteiger partial charge in [-0.05, 0) is 69.3 Å². The molecular formula is C28H40N8. The average molecular weight is 489 g/mol. The minimum atomic E-state index is 0.331. The van der Waals surface area contributed by atoms with E-state index < -0.39 is 0 Å². The van der Waals surface area contributed by atoms with Crippen molar-refractivity contribution in [1.82, 2.24) is 24.5 Å². The van der Waals surface area contributed by atoms with Crippen LogP contribution >= 0.6 is 0 Å². The van der Waals surface area contributed by atoms with E-state index in [0.717, 1.165) is 68.1 Å². The normalized spacial score (nSPS) is 24.4. The molecule has 3 aromatic rings. The second-order valence-corrected chi connectivity index (χ2v) is 11.1. The fourth-order valence-electron chi connectivity index (χ4n) is 6.30. The number of hydrazine groups is 1. The first-order valence-corrected chi connectivity index (χ1v) is 14.0. The average Bonchev–Trinajstić information content (AvgIpc) is 3.58. The van der Waals surface area contributed by atoms with E-state index in [0.29, 0.717) is 24.1 Å². The summed E-state index contributed by atoms with van der Waals surface area (Å²) in [5, 5.41) is 5.96. The van der Waals surface area contributed by atoms with Gasteiger partial charge in [0.2, 0.25) is 5.95 Å². The van der Waals surface area contributed by atoms with Crippen LogP contribution in [0.1, 0.15) is 75.8 Å². The minimum absolute atomic E-state index is 0.331. The van der Waals surface area contributed by atoms with Crippen LogP contribution in [-0.4, -0.2) is 49.7 Å². The molecule has 0 atom stereocenters. The van der Waals surface area contributed by atoms with Crippen molar-refractivity contribution in [2.75, 3.05) is 23.8 Å². The van der Waals surface area contributed by atoms with Crippen LogP contribution in [0.15, 0.2) is 36.7 Å². The van der Waals surface area contributed by atoms with Gasteiger partial charge in [-0.2, -0.15) is 9.97 Å². The van der Waals surface area contributed by atoms with Crippen molar-refractivity contribution >= 4 is 22.9 Å². The molecule has 6 rings (SSSR count). The van der Waals surface area contributed by atoms with E-state index in [1.165, 1.54) is 44.1 Å². The Morgan fingerprint density at radius 3 is 2.39 bits per heavy atom. The van der Waals surface area contributed by atoms with Gasteiger partial charge < -0.3 is 21.0 Å². The number of piperidine rings is 1. The van der Waals surface area contributed by atoms with E-state index in [4.69, 9.17) is 20.7 Å². The van der Waals surface area contributed by atoms with Crippen LogP contribution in [0.2, 0.25) is 0 Å². The first kappa shape index (κ1) is 23.7. The number of imidazole rings is 1. The summed E-state index contributed by atoms with van der Waals surface area (Å²) in [7, 11) is 0. The molecule has 0 spiro atoms. The molecule has 1 aromatic carbocycles. The van der Waals surface area contributed by atoms with Crippen LogP contribution in [0, 0.1) is 5.92 Å². The Kier molecular flexibility index (Phi) is 7.05. The van der Waals surface area contributed by atoms with Crippen molar-refractivity contribution in [3.05, 3.63) is 42.2 Å². The molecule has 36 heavy (non-hydrogen) atoms. The maximum atomic E-state index is 6.14. The van der Waals surface area contributed by atoms with E-state index in [-0.39, 0.29) is 0 Å². The van der Waals surface area contributed by atoms with Gasteiger partial charge in [0.25, 0.3) is 0 Å². The highest BCUT2D eigenvalue weighted by Crippen LogP contribution is 2.34. The van der Waals surface area contributed by atoms with E-state index >= 15 is 0 Å². The van der Waals surface area contributed by atoms with Gasteiger partial charge in [-0.15, -0.1) is 0 Å². The monoisotopic (exact) mass is 488 g/mol. The van der Waals surface area contributed by atoms with Crippen molar-refractivity contribution in [3.8, 4) is 0 Å². The molecule has 2 aromatic heterocycles. The van der Waals surface area contributed by atoms with Crippen LogP contribution in [0.5, 0.6) is 0 Å². The Labute approximate surface area is 214 Å². The molecule has 192 valence electrons. The fraction of sp³-hybridized carbons (Fsp3) is 0.607. The number of fused-ring (bicyclic) bond motifs is 1. The van der Waals surface area contributed by atoms with Gasteiger partial charge >= 0.3 is 0 Å². The highest BCUT2D eigenvalue weighted by Gasteiger charge is 2.25. The molecule has 2 aliphatic carbocycles. The van der Waals surface area contributed by atoms with Gasteiger partial charge in [0.05, 0.1) is 6.33 Å². The second kappa shape index (κ2) is 10.7. The molecule has 1 saturated heterocycles. The molecule has 0 bridgehead atoms. The standard InChI is InChI=1S/C28H40N8/c29-22-10-12-23(13-11-22)31-28-32-26(25-27(33-28)36(19-30-25)24-8-4-5-9-24)34-35-16-14-21(15-17-35)18-20-6-2-1-3-7-20/h1-3,6-7,19,21-24H,4-5,8-18,29H2,(H2,31,32,33,34). The first-order chi connectivity index (χ1) is 17.7. The smallest absolute Gasteiger partial charge is 0.227 e. The molecule has 8 nitrogen and oxygen atoms in total. The third-order valence-electron chi connectivity index (χ3n) is 8.49. The number of benzene rings is 1. The van der Waals surface area contributed by atoms with Crippen molar-refractivity contribution in [2.24, 2.45) is 11.7 Å². The Morgan fingerprint density at radius 1 is 0.889 bits per heavy atom. The summed E-state index contributed by atoms with van der Waals surface area (Å²) in [6.07, 6.45) is 14.7. The molecule has 3 heterocycles. The SMILES string of the molecule is NC1CCC(Nc2nc(NN3CCC(Cc4ccccc4)CC3)c3ncn(C4CCCC4)c3n2)CC1. The lowest BCUT2D eigenvalue weighted by Crippen LogP contribution is -2.39. The van der Waals surface area contributed by atoms with Gasteiger partial charge in [-0.25, -0.2) is 9.99 Å². The van der Waals surface area contributed by atoms with E-state index in [1.54, 1.807) is 0 Å². The summed E-state index contributed by atoms with van der Waals surface area (Å²) < 4.78 is 2.29. The van der Waals surface area contributed by atoms with Gasteiger partial charge in [-0.1, -0.05) is 43.2 Å². The fourth-order valence-corrected chi connectivity index (χ4v) is 6.30. The van der Waals surface area contributed by atoms with Crippen molar-refractivity contribution in [1.29, 1.82) is 0 Å². The lowest BCUT2D eigenvalue weighted by atomic mass is 9.91. The summed E-state index contributed by atoms with van der Waals surface area (Å²) in [6.45, 7) is 2.02. The summed E-state index contributed by atoms with van der Waals surface area (Å²) >= 11 is 0. The molecule has 2 saturated carbocycles. The molecule has 1 aliphatic heterocycles. The van der Waals surface area contributed by atoms with Gasteiger partial charge in [0.15, 0.2) is 17.0 Å². The van der Waals surface area contributed by atoms with E-state index in [1.807, 2.05) is 6.33 Å². The molecule has 4 N–H and O–H groups in total. The summed E-state index contributed by atoms with van der Waals surface area (Å²) in [5.74, 6) is 2.27. The summed E-state index contributed by atoms with van der Waals surface area (Å²) in [6, 6.07) is 12.1. The number of aromatic nitrogens is 4. The number of rotatable bonds is 7. The predicted molar refractivity (Wildman–Crippen MR) is 145 cm³/mol. The molecule has 0 amide bonds. The molecular weight excluding hydrogens is 448 g/mol. The molecule has 0 unspecified atom stereocenters. The highest BCUT2D eigenvalue weighted by molar-refractivity contribution is 5.84.